The van der Waals surface area contributed by atoms with Crippen LogP contribution in [-0.2, 0) is 33.7 Å². The summed E-state index contributed by atoms with van der Waals surface area (Å²) in [5, 5.41) is 5.95. The van der Waals surface area contributed by atoms with Gasteiger partial charge in [0.15, 0.2) is 0 Å². The van der Waals surface area contributed by atoms with E-state index in [2.05, 4.69) is 87.6 Å². The van der Waals surface area contributed by atoms with Crippen molar-refractivity contribution >= 4 is 48.1 Å². The number of halogens is 2. The number of aryl methyl sites for hydroxylation is 2. The number of rotatable bonds is 4. The van der Waals surface area contributed by atoms with Crippen molar-refractivity contribution in [2.24, 2.45) is 0 Å². The first-order valence-electron chi connectivity index (χ1n) is 15.5. The summed E-state index contributed by atoms with van der Waals surface area (Å²) in [5.41, 5.74) is 6.20. The van der Waals surface area contributed by atoms with Crippen LogP contribution in [0.5, 0.6) is 0 Å². The Balaban J connectivity index is 0.000000185. The van der Waals surface area contributed by atoms with E-state index < -0.39 is 20.8 Å². The Hall–Kier alpha value is -0.660. The van der Waals surface area contributed by atoms with E-state index in [1.807, 2.05) is 0 Å². The molecule has 0 nitrogen and oxygen atoms in total. The monoisotopic (exact) mass is 668 g/mol. The van der Waals surface area contributed by atoms with E-state index in [-0.39, 0.29) is 0 Å². The van der Waals surface area contributed by atoms with Gasteiger partial charge < -0.3 is 0 Å². The van der Waals surface area contributed by atoms with Gasteiger partial charge in [-0.15, -0.1) is 69.1 Å². The molecule has 2 aliphatic rings. The summed E-state index contributed by atoms with van der Waals surface area (Å²) in [5.74, 6) is 1.64. The quantitative estimate of drug-likeness (QED) is 0.150. The summed E-state index contributed by atoms with van der Waals surface area (Å²) < 4.78 is 0. The molecule has 2 saturated carbocycles. The van der Waals surface area contributed by atoms with Gasteiger partial charge in [-0.2, -0.15) is 12.1 Å². The maximum absolute atomic E-state index is 4.93. The molecule has 2 fully saturated rings. The first-order chi connectivity index (χ1) is 19.6. The Kier molecular flexibility index (Phi) is 15.9. The molecule has 2 radical (unpaired) electrons. The minimum absolute atomic E-state index is 0.819. The zero-order valence-electron chi connectivity index (χ0n) is 25.2. The molecule has 4 aromatic rings. The van der Waals surface area contributed by atoms with E-state index in [4.69, 9.17) is 17.0 Å². The number of benzene rings is 2. The van der Waals surface area contributed by atoms with E-state index in [1.165, 1.54) is 96.9 Å². The molecule has 0 N–H and O–H groups in total. The van der Waals surface area contributed by atoms with E-state index >= 15 is 0 Å². The van der Waals surface area contributed by atoms with Crippen molar-refractivity contribution in [3.63, 3.8) is 0 Å². The van der Waals surface area contributed by atoms with Gasteiger partial charge >= 0.3 is 37.9 Å². The number of fused-ring (bicyclic) bond motifs is 2. The Morgan fingerprint density at radius 1 is 0.675 bits per heavy atom. The van der Waals surface area contributed by atoms with Crippen molar-refractivity contribution in [1.29, 1.82) is 0 Å². The first kappa shape index (κ1) is 33.8. The van der Waals surface area contributed by atoms with Gasteiger partial charge in [0.25, 0.3) is 0 Å². The fraction of sp³-hybridized carbons (Fsp3) is 0.500. The average molecular weight is 671 g/mol. The zero-order chi connectivity index (χ0) is 28.7. The van der Waals surface area contributed by atoms with Crippen molar-refractivity contribution in [3.05, 3.63) is 82.9 Å². The van der Waals surface area contributed by atoms with Crippen LogP contribution in [0.4, 0.5) is 0 Å². The molecule has 4 aromatic carbocycles. The van der Waals surface area contributed by atoms with Crippen molar-refractivity contribution < 1.29 is 20.8 Å². The van der Waals surface area contributed by atoms with Crippen LogP contribution >= 0.6 is 17.0 Å². The molecule has 0 aliphatic heterocycles. The summed E-state index contributed by atoms with van der Waals surface area (Å²) in [4.78, 5) is 0. The molecule has 0 aromatic heterocycles. The third-order valence-electron chi connectivity index (χ3n) is 8.59. The molecular weight excluding hydrogens is 623 g/mol. The fourth-order valence-corrected chi connectivity index (χ4v) is 6.59. The Bertz CT molecular complexity index is 1150. The van der Waals surface area contributed by atoms with Crippen LogP contribution in [0.3, 0.4) is 0 Å². The molecule has 0 heterocycles. The number of hydrogen-bond acceptors (Lipinski definition) is 0. The van der Waals surface area contributed by atoms with Crippen LogP contribution in [0.15, 0.2) is 60.7 Å². The van der Waals surface area contributed by atoms with Gasteiger partial charge in [0.1, 0.15) is 0 Å². The predicted molar refractivity (Wildman–Crippen MR) is 179 cm³/mol. The minimum atomic E-state index is -0.826. The molecule has 0 unspecified atom stereocenters. The fourth-order valence-electron chi connectivity index (χ4n) is 6.59. The molecule has 4 heteroatoms. The van der Waals surface area contributed by atoms with Crippen LogP contribution in [0.2, 0.25) is 13.1 Å². The Morgan fingerprint density at radius 2 is 1.02 bits per heavy atom. The predicted octanol–water partition coefficient (Wildman–Crippen LogP) is 12.5. The molecular formula is C36H48Cl2SiZr. The van der Waals surface area contributed by atoms with Gasteiger partial charge in [0.05, 0.1) is 0 Å². The average Bonchev–Trinajstić information content (AvgIpc) is 3.63. The van der Waals surface area contributed by atoms with E-state index in [1.54, 1.807) is 11.1 Å². The summed E-state index contributed by atoms with van der Waals surface area (Å²) in [7, 11) is 11.0. The van der Waals surface area contributed by atoms with Crippen LogP contribution in [0.1, 0.15) is 112 Å². The van der Waals surface area contributed by atoms with E-state index in [0.717, 1.165) is 34.2 Å². The second-order valence-corrected chi connectivity index (χ2v) is 16.1. The van der Waals surface area contributed by atoms with Crippen LogP contribution < -0.4 is 0 Å². The first-order valence-corrected chi connectivity index (χ1v) is 23.8. The van der Waals surface area contributed by atoms with Crippen LogP contribution in [-0.4, -0.2) is 9.52 Å². The third-order valence-corrected chi connectivity index (χ3v) is 8.59. The summed E-state index contributed by atoms with van der Waals surface area (Å²) in [6.45, 7) is 8.79. The second kappa shape index (κ2) is 18.8. The van der Waals surface area contributed by atoms with Gasteiger partial charge in [-0.1, -0.05) is 88.7 Å². The molecule has 0 bridgehead atoms. The number of hydrogen-bond donors (Lipinski definition) is 0. The molecule has 6 rings (SSSR count). The topological polar surface area (TPSA) is 0 Å². The SMILES string of the molecule is CCc1cc2c(C3CCCCC3)cccc2[cH-]1.CCc1cc2c(C3CCCCC3)cccc2[cH-]1.C[Si]C.[Cl][Zr+2][Cl]. The second-order valence-electron chi connectivity index (χ2n) is 11.4. The molecule has 0 atom stereocenters. The maximum atomic E-state index is 4.93. The van der Waals surface area contributed by atoms with Crippen LogP contribution in [0, 0.1) is 0 Å². The molecule has 0 saturated heterocycles. The van der Waals surface area contributed by atoms with Crippen molar-refractivity contribution in [1.82, 2.24) is 0 Å². The summed E-state index contributed by atoms with van der Waals surface area (Å²) in [6, 6.07) is 23.3. The van der Waals surface area contributed by atoms with E-state index in [0.29, 0.717) is 0 Å². The van der Waals surface area contributed by atoms with Gasteiger partial charge in [-0.25, -0.2) is 0 Å². The van der Waals surface area contributed by atoms with E-state index in [9.17, 15) is 0 Å². The Morgan fingerprint density at radius 3 is 1.35 bits per heavy atom. The van der Waals surface area contributed by atoms with Gasteiger partial charge in [-0.3, -0.25) is 0 Å². The molecule has 0 spiro atoms. The van der Waals surface area contributed by atoms with Gasteiger partial charge in [0, 0.05) is 9.52 Å². The Labute approximate surface area is 265 Å². The van der Waals surface area contributed by atoms with Crippen molar-refractivity contribution in [2.45, 2.75) is 116 Å². The molecule has 0 amide bonds. The van der Waals surface area contributed by atoms with Gasteiger partial charge in [0.2, 0.25) is 0 Å². The van der Waals surface area contributed by atoms with Crippen LogP contribution in [0.25, 0.3) is 21.5 Å². The summed E-state index contributed by atoms with van der Waals surface area (Å²) in [6.07, 6.45) is 16.4. The zero-order valence-corrected chi connectivity index (χ0v) is 30.1. The third kappa shape index (κ3) is 9.69. The normalized spacial score (nSPS) is 15.8. The van der Waals surface area contributed by atoms with Gasteiger partial charge in [-0.05, 0) is 50.4 Å². The summed E-state index contributed by atoms with van der Waals surface area (Å²) >= 11 is -0.826. The molecule has 40 heavy (non-hydrogen) atoms. The van der Waals surface area contributed by atoms with Crippen molar-refractivity contribution in [3.8, 4) is 0 Å². The molecule has 214 valence electrons. The molecule has 2 aliphatic carbocycles. The van der Waals surface area contributed by atoms with Crippen molar-refractivity contribution in [2.75, 3.05) is 0 Å². The standard InChI is InChI=1S/2C17H21.C2H6Si.2ClH.Zr/c2*1-2-13-11-15-9-6-10-16(17(15)12-13)14-7-4-3-5-8-14;1-3-2;;;/h2*6,9-12,14H,2-5,7-8H2,1H3;1-2H3;2*1H;/q2*-1;;;;+4/p-2.